The molecule has 0 amide bonds. The Bertz CT molecular complexity index is 512. The van der Waals surface area contributed by atoms with Gasteiger partial charge in [0.25, 0.3) is 0 Å². The highest BCUT2D eigenvalue weighted by Crippen LogP contribution is 2.28. The van der Waals surface area contributed by atoms with Gasteiger partial charge in [-0.3, -0.25) is 4.79 Å². The minimum atomic E-state index is -0.557. The van der Waals surface area contributed by atoms with Gasteiger partial charge in [-0.05, 0) is 35.4 Å². The fourth-order valence-corrected chi connectivity index (χ4v) is 1.79. The van der Waals surface area contributed by atoms with E-state index < -0.39 is 12.1 Å². The first kappa shape index (κ1) is 13.0. The molecule has 0 saturated carbocycles. The molecule has 98 valence electrons. The zero-order chi connectivity index (χ0) is 13.8. The number of carbonyl (C=O) groups is 1. The Morgan fingerprint density at radius 1 is 0.895 bits per heavy atom. The molecule has 0 fully saturated rings. The summed E-state index contributed by atoms with van der Waals surface area (Å²) in [6.07, 6.45) is -0.557. The first-order valence-electron chi connectivity index (χ1n) is 5.81. The SMILES string of the molecule is CC(=O)OC(c1ccc(O)cc1)c1ccc(O)cc1. The Balaban J connectivity index is 2.37. The van der Waals surface area contributed by atoms with E-state index in [2.05, 4.69) is 0 Å². The normalized spacial score (nSPS) is 10.4. The largest absolute Gasteiger partial charge is 0.508 e. The summed E-state index contributed by atoms with van der Waals surface area (Å²) in [5.74, 6) is -0.0989. The second-order valence-electron chi connectivity index (χ2n) is 4.17. The monoisotopic (exact) mass is 258 g/mol. The Morgan fingerprint density at radius 3 is 1.58 bits per heavy atom. The van der Waals surface area contributed by atoms with E-state index in [1.165, 1.54) is 31.2 Å². The van der Waals surface area contributed by atoms with Crippen LogP contribution in [0.25, 0.3) is 0 Å². The van der Waals surface area contributed by atoms with E-state index in [0.29, 0.717) is 0 Å². The summed E-state index contributed by atoms with van der Waals surface area (Å²) in [7, 11) is 0. The van der Waals surface area contributed by atoms with Gasteiger partial charge in [-0.25, -0.2) is 0 Å². The number of carbonyl (C=O) groups excluding carboxylic acids is 1. The van der Waals surface area contributed by atoms with Gasteiger partial charge in [0.1, 0.15) is 11.5 Å². The molecule has 0 spiro atoms. The first-order valence-corrected chi connectivity index (χ1v) is 5.81. The van der Waals surface area contributed by atoms with E-state index >= 15 is 0 Å². The minimum absolute atomic E-state index is 0.149. The number of hydrogen-bond donors (Lipinski definition) is 2. The van der Waals surface area contributed by atoms with Gasteiger partial charge >= 0.3 is 5.97 Å². The maximum absolute atomic E-state index is 11.2. The van der Waals surface area contributed by atoms with Crippen LogP contribution in [-0.2, 0) is 9.53 Å². The molecular weight excluding hydrogens is 244 g/mol. The average Bonchev–Trinajstić information content (AvgIpc) is 2.38. The second kappa shape index (κ2) is 5.44. The molecule has 19 heavy (non-hydrogen) atoms. The number of ether oxygens (including phenoxy) is 1. The standard InChI is InChI=1S/C15H14O4/c1-10(16)19-15(11-2-6-13(17)7-3-11)12-4-8-14(18)9-5-12/h2-9,15,17-18H,1H3. The second-order valence-corrected chi connectivity index (χ2v) is 4.17. The van der Waals surface area contributed by atoms with Gasteiger partial charge in [-0.2, -0.15) is 0 Å². The highest BCUT2D eigenvalue weighted by molar-refractivity contribution is 5.67. The summed E-state index contributed by atoms with van der Waals surface area (Å²) in [4.78, 5) is 11.2. The summed E-state index contributed by atoms with van der Waals surface area (Å²) in [6, 6.07) is 12.9. The number of phenols is 2. The summed E-state index contributed by atoms with van der Waals surface area (Å²) in [5.41, 5.74) is 1.50. The van der Waals surface area contributed by atoms with Crippen molar-refractivity contribution in [1.29, 1.82) is 0 Å². The van der Waals surface area contributed by atoms with Crippen LogP contribution in [0.3, 0.4) is 0 Å². The van der Waals surface area contributed by atoms with Crippen LogP contribution in [0.2, 0.25) is 0 Å². The number of rotatable bonds is 3. The summed E-state index contributed by atoms with van der Waals surface area (Å²) in [5, 5.41) is 18.6. The molecule has 0 aliphatic rings. The molecule has 0 aromatic heterocycles. The maximum Gasteiger partial charge on any atom is 0.303 e. The molecule has 0 heterocycles. The quantitative estimate of drug-likeness (QED) is 0.831. The Kier molecular flexibility index (Phi) is 3.71. The van der Waals surface area contributed by atoms with E-state index in [9.17, 15) is 15.0 Å². The maximum atomic E-state index is 11.2. The zero-order valence-corrected chi connectivity index (χ0v) is 10.4. The van der Waals surface area contributed by atoms with Crippen LogP contribution in [0, 0.1) is 0 Å². The van der Waals surface area contributed by atoms with Crippen molar-refractivity contribution in [3.8, 4) is 11.5 Å². The Labute approximate surface area is 110 Å². The smallest absolute Gasteiger partial charge is 0.303 e. The van der Waals surface area contributed by atoms with Crippen LogP contribution in [0.5, 0.6) is 11.5 Å². The first-order chi connectivity index (χ1) is 9.06. The number of hydrogen-bond acceptors (Lipinski definition) is 4. The molecule has 2 aromatic rings. The molecule has 0 saturated heterocycles. The lowest BCUT2D eigenvalue weighted by molar-refractivity contribution is -0.144. The van der Waals surface area contributed by atoms with E-state index in [1.54, 1.807) is 24.3 Å². The van der Waals surface area contributed by atoms with Crippen LogP contribution in [-0.4, -0.2) is 16.2 Å². The number of aromatic hydroxyl groups is 2. The molecule has 4 heteroatoms. The van der Waals surface area contributed by atoms with E-state index in [1.807, 2.05) is 0 Å². The van der Waals surface area contributed by atoms with Crippen LogP contribution in [0.1, 0.15) is 24.2 Å². The molecule has 0 radical (unpaired) electrons. The van der Waals surface area contributed by atoms with Gasteiger partial charge in [0, 0.05) is 6.92 Å². The Morgan fingerprint density at radius 2 is 1.26 bits per heavy atom. The van der Waals surface area contributed by atoms with E-state index in [-0.39, 0.29) is 11.5 Å². The molecule has 2 rings (SSSR count). The van der Waals surface area contributed by atoms with Crippen molar-refractivity contribution in [2.45, 2.75) is 13.0 Å². The number of phenolic OH excluding ortho intramolecular Hbond substituents is 2. The minimum Gasteiger partial charge on any atom is -0.508 e. The molecule has 0 unspecified atom stereocenters. The summed E-state index contributed by atoms with van der Waals surface area (Å²) < 4.78 is 5.30. The van der Waals surface area contributed by atoms with Gasteiger partial charge in [0.15, 0.2) is 6.10 Å². The van der Waals surface area contributed by atoms with Crippen molar-refractivity contribution in [2.75, 3.05) is 0 Å². The summed E-state index contributed by atoms with van der Waals surface area (Å²) >= 11 is 0. The van der Waals surface area contributed by atoms with Crippen LogP contribution in [0.4, 0.5) is 0 Å². The third-order valence-corrected chi connectivity index (χ3v) is 2.68. The molecule has 0 atom stereocenters. The van der Waals surface area contributed by atoms with E-state index in [4.69, 9.17) is 4.74 Å². The molecule has 0 aliphatic heterocycles. The van der Waals surface area contributed by atoms with Gasteiger partial charge in [-0.1, -0.05) is 24.3 Å². The highest BCUT2D eigenvalue weighted by Gasteiger charge is 2.17. The third kappa shape index (κ3) is 3.25. The Hall–Kier alpha value is -2.49. The van der Waals surface area contributed by atoms with Crippen LogP contribution < -0.4 is 0 Å². The van der Waals surface area contributed by atoms with Crippen LogP contribution >= 0.6 is 0 Å². The van der Waals surface area contributed by atoms with Crippen molar-refractivity contribution in [3.63, 3.8) is 0 Å². The molecule has 2 N–H and O–H groups in total. The molecular formula is C15H14O4. The molecule has 4 nitrogen and oxygen atoms in total. The van der Waals surface area contributed by atoms with Gasteiger partial charge in [0.2, 0.25) is 0 Å². The predicted molar refractivity (Wildman–Crippen MR) is 69.8 cm³/mol. The summed E-state index contributed by atoms with van der Waals surface area (Å²) in [6.45, 7) is 1.34. The lowest BCUT2D eigenvalue weighted by Gasteiger charge is -2.18. The zero-order valence-electron chi connectivity index (χ0n) is 10.4. The lowest BCUT2D eigenvalue weighted by Crippen LogP contribution is -2.09. The van der Waals surface area contributed by atoms with Crippen molar-refractivity contribution in [3.05, 3.63) is 59.7 Å². The van der Waals surface area contributed by atoms with Gasteiger partial charge in [0.05, 0.1) is 0 Å². The van der Waals surface area contributed by atoms with E-state index in [0.717, 1.165) is 11.1 Å². The lowest BCUT2D eigenvalue weighted by atomic mass is 10.0. The van der Waals surface area contributed by atoms with Crippen molar-refractivity contribution in [2.24, 2.45) is 0 Å². The van der Waals surface area contributed by atoms with Crippen molar-refractivity contribution in [1.82, 2.24) is 0 Å². The fraction of sp³-hybridized carbons (Fsp3) is 0.133. The molecule has 0 aliphatic carbocycles. The average molecular weight is 258 g/mol. The number of esters is 1. The topological polar surface area (TPSA) is 66.8 Å². The molecule has 2 aromatic carbocycles. The highest BCUT2D eigenvalue weighted by atomic mass is 16.5. The third-order valence-electron chi connectivity index (χ3n) is 2.68. The van der Waals surface area contributed by atoms with Gasteiger partial charge in [-0.15, -0.1) is 0 Å². The van der Waals surface area contributed by atoms with Crippen LogP contribution in [0.15, 0.2) is 48.5 Å². The van der Waals surface area contributed by atoms with Crippen molar-refractivity contribution < 1.29 is 19.7 Å². The van der Waals surface area contributed by atoms with Crippen molar-refractivity contribution >= 4 is 5.97 Å². The predicted octanol–water partition coefficient (Wildman–Crippen LogP) is 2.75. The fourth-order valence-electron chi connectivity index (χ4n) is 1.79. The van der Waals surface area contributed by atoms with Gasteiger partial charge < -0.3 is 14.9 Å². The molecule has 0 bridgehead atoms. The number of benzene rings is 2.